The lowest BCUT2D eigenvalue weighted by molar-refractivity contribution is -0.119. The van der Waals surface area contributed by atoms with E-state index in [2.05, 4.69) is 10.6 Å². The molecule has 0 radical (unpaired) electrons. The zero-order valence-corrected chi connectivity index (χ0v) is 8.28. The Morgan fingerprint density at radius 2 is 2.29 bits per heavy atom. The minimum atomic E-state index is -0.577. The van der Waals surface area contributed by atoms with Crippen LogP contribution in [-0.4, -0.2) is 25.4 Å². The number of carbonyl (C=O) groups excluding carboxylic acids is 2. The van der Waals surface area contributed by atoms with Crippen LogP contribution in [0.25, 0.3) is 0 Å². The molecule has 0 bridgehead atoms. The van der Waals surface area contributed by atoms with Crippen LogP contribution in [0.5, 0.6) is 0 Å². The van der Waals surface area contributed by atoms with Crippen molar-refractivity contribution in [1.82, 2.24) is 10.6 Å². The van der Waals surface area contributed by atoms with Gasteiger partial charge in [0.25, 0.3) is 5.91 Å². The highest BCUT2D eigenvalue weighted by Gasteiger charge is 2.12. The summed E-state index contributed by atoms with van der Waals surface area (Å²) in [5.41, 5.74) is -0.0288. The van der Waals surface area contributed by atoms with Gasteiger partial charge in [0.2, 0.25) is 5.91 Å². The summed E-state index contributed by atoms with van der Waals surface area (Å²) in [5, 5.41) is 5.56. The van der Waals surface area contributed by atoms with Crippen molar-refractivity contribution in [1.29, 1.82) is 0 Å². The van der Waals surface area contributed by atoms with E-state index in [-0.39, 0.29) is 18.0 Å². The van der Waals surface area contributed by atoms with Crippen molar-refractivity contribution >= 4 is 23.2 Å². The number of halogens is 1. The van der Waals surface area contributed by atoms with Crippen LogP contribution in [0.2, 0.25) is 0 Å². The van der Waals surface area contributed by atoms with Gasteiger partial charge >= 0.3 is 0 Å². The number of hydrogen-bond acceptors (Lipinski definition) is 3. The van der Waals surface area contributed by atoms with Crippen molar-refractivity contribution in [2.45, 2.75) is 0 Å². The molecule has 2 amide bonds. The minimum Gasteiger partial charge on any atom is -0.358 e. The van der Waals surface area contributed by atoms with Crippen LogP contribution in [0.15, 0.2) is 11.4 Å². The molecule has 1 aromatic rings. The number of amides is 2. The highest BCUT2D eigenvalue weighted by molar-refractivity contribution is 7.08. The van der Waals surface area contributed by atoms with Crippen molar-refractivity contribution in [2.24, 2.45) is 0 Å². The summed E-state index contributed by atoms with van der Waals surface area (Å²) in [4.78, 5) is 22.0. The first-order chi connectivity index (χ1) is 6.65. The van der Waals surface area contributed by atoms with E-state index in [9.17, 15) is 14.0 Å². The largest absolute Gasteiger partial charge is 0.358 e. The molecule has 0 aromatic carbocycles. The zero-order chi connectivity index (χ0) is 10.6. The molecule has 0 atom stereocenters. The van der Waals surface area contributed by atoms with E-state index in [1.165, 1.54) is 18.5 Å². The Balaban J connectivity index is 2.52. The smallest absolute Gasteiger partial charge is 0.255 e. The van der Waals surface area contributed by atoms with Crippen molar-refractivity contribution < 1.29 is 14.0 Å². The second-order valence-electron chi connectivity index (χ2n) is 2.46. The van der Waals surface area contributed by atoms with Gasteiger partial charge in [-0.25, -0.2) is 0 Å². The van der Waals surface area contributed by atoms with E-state index in [1.54, 1.807) is 0 Å². The lowest BCUT2D eigenvalue weighted by Gasteiger charge is -2.01. The van der Waals surface area contributed by atoms with E-state index < -0.39 is 11.0 Å². The summed E-state index contributed by atoms with van der Waals surface area (Å²) in [7, 11) is 1.46. The normalized spacial score (nSPS) is 9.57. The number of carbonyl (C=O) groups is 2. The number of likely N-dealkylation sites (N-methyl/N-ethyl adjacent to an activating group) is 1. The summed E-state index contributed by atoms with van der Waals surface area (Å²) in [6.45, 7) is -0.148. The molecule has 14 heavy (non-hydrogen) atoms. The lowest BCUT2D eigenvalue weighted by Crippen LogP contribution is -2.35. The number of rotatable bonds is 3. The first kappa shape index (κ1) is 10.6. The molecule has 1 aromatic heterocycles. The Bertz CT molecular complexity index is 351. The van der Waals surface area contributed by atoms with Gasteiger partial charge in [-0.2, -0.15) is 4.39 Å². The van der Waals surface area contributed by atoms with Crippen LogP contribution in [0.3, 0.4) is 0 Å². The predicted octanol–water partition coefficient (Wildman–Crippen LogP) is 0.363. The third-order valence-electron chi connectivity index (χ3n) is 1.55. The van der Waals surface area contributed by atoms with Gasteiger partial charge in [0.15, 0.2) is 5.13 Å². The first-order valence-corrected chi connectivity index (χ1v) is 4.75. The second-order valence-corrected chi connectivity index (χ2v) is 3.33. The molecule has 2 N–H and O–H groups in total. The molecule has 0 aliphatic carbocycles. The Hall–Kier alpha value is -1.43. The first-order valence-electron chi connectivity index (χ1n) is 3.87. The van der Waals surface area contributed by atoms with Gasteiger partial charge in [0, 0.05) is 7.05 Å². The quantitative estimate of drug-likeness (QED) is 0.766. The maximum atomic E-state index is 12.9. The van der Waals surface area contributed by atoms with E-state index in [0.29, 0.717) is 0 Å². The molecule has 0 spiro atoms. The van der Waals surface area contributed by atoms with Crippen LogP contribution in [-0.2, 0) is 4.79 Å². The average molecular weight is 216 g/mol. The Kier molecular flexibility index (Phi) is 3.58. The second kappa shape index (κ2) is 4.71. The van der Waals surface area contributed by atoms with Gasteiger partial charge in [-0.1, -0.05) is 0 Å². The molecular weight excluding hydrogens is 207 g/mol. The molecule has 0 unspecified atom stereocenters. The summed E-state index contributed by atoms with van der Waals surface area (Å²) < 4.78 is 12.9. The summed E-state index contributed by atoms with van der Waals surface area (Å²) >= 11 is 0.845. The van der Waals surface area contributed by atoms with Crippen molar-refractivity contribution in [2.75, 3.05) is 13.6 Å². The van der Waals surface area contributed by atoms with Gasteiger partial charge < -0.3 is 10.6 Å². The van der Waals surface area contributed by atoms with E-state index in [1.807, 2.05) is 0 Å². The van der Waals surface area contributed by atoms with Crippen LogP contribution in [0, 0.1) is 5.13 Å². The maximum Gasteiger partial charge on any atom is 0.255 e. The van der Waals surface area contributed by atoms with E-state index in [0.717, 1.165) is 11.3 Å². The number of nitrogens with one attached hydrogen (secondary N) is 2. The summed E-state index contributed by atoms with van der Waals surface area (Å²) in [5.74, 6) is -0.902. The number of thiophene rings is 1. The molecule has 1 rings (SSSR count). The summed E-state index contributed by atoms with van der Waals surface area (Å²) in [6.07, 6.45) is 0. The van der Waals surface area contributed by atoms with Crippen molar-refractivity contribution in [3.8, 4) is 0 Å². The van der Waals surface area contributed by atoms with Gasteiger partial charge in [0.05, 0.1) is 12.1 Å². The molecule has 6 heteroatoms. The van der Waals surface area contributed by atoms with Gasteiger partial charge in [-0.05, 0) is 11.4 Å². The van der Waals surface area contributed by atoms with Crippen LogP contribution < -0.4 is 10.6 Å². The Labute approximate surface area is 84.1 Å². The van der Waals surface area contributed by atoms with E-state index >= 15 is 0 Å². The SMILES string of the molecule is CNC(=O)CNC(=O)c1ccsc1F. The third kappa shape index (κ3) is 2.53. The van der Waals surface area contributed by atoms with Crippen molar-refractivity contribution in [3.63, 3.8) is 0 Å². The standard InChI is InChI=1S/C8H9FN2O2S/c1-10-6(12)4-11-8(13)5-2-3-14-7(5)9/h2-3H,4H2,1H3,(H,10,12)(H,11,13). The van der Waals surface area contributed by atoms with Gasteiger partial charge in [-0.3, -0.25) is 9.59 Å². The zero-order valence-electron chi connectivity index (χ0n) is 7.46. The fourth-order valence-electron chi connectivity index (χ4n) is 0.800. The fraction of sp³-hybridized carbons (Fsp3) is 0.250. The predicted molar refractivity (Wildman–Crippen MR) is 50.7 cm³/mol. The Morgan fingerprint density at radius 1 is 1.57 bits per heavy atom. The topological polar surface area (TPSA) is 58.2 Å². The number of hydrogen-bond donors (Lipinski definition) is 2. The van der Waals surface area contributed by atoms with Gasteiger partial charge in [-0.15, -0.1) is 11.3 Å². The molecule has 0 aliphatic heterocycles. The molecular formula is C8H9FN2O2S. The molecule has 1 heterocycles. The third-order valence-corrected chi connectivity index (χ3v) is 2.25. The molecule has 0 aliphatic rings. The monoisotopic (exact) mass is 216 g/mol. The lowest BCUT2D eigenvalue weighted by atomic mass is 10.3. The highest BCUT2D eigenvalue weighted by atomic mass is 32.1. The highest BCUT2D eigenvalue weighted by Crippen LogP contribution is 2.13. The van der Waals surface area contributed by atoms with Gasteiger partial charge in [0.1, 0.15) is 0 Å². The molecule has 0 fully saturated rings. The van der Waals surface area contributed by atoms with Crippen LogP contribution in [0.1, 0.15) is 10.4 Å². The van der Waals surface area contributed by atoms with E-state index in [4.69, 9.17) is 0 Å². The van der Waals surface area contributed by atoms with Crippen LogP contribution in [0.4, 0.5) is 4.39 Å². The summed E-state index contributed by atoms with van der Waals surface area (Å²) in [6, 6.07) is 1.37. The van der Waals surface area contributed by atoms with Crippen molar-refractivity contribution in [3.05, 3.63) is 22.1 Å². The fourth-order valence-corrected chi connectivity index (χ4v) is 1.41. The molecule has 76 valence electrons. The molecule has 4 nitrogen and oxygen atoms in total. The maximum absolute atomic E-state index is 12.9. The molecule has 0 saturated carbocycles. The average Bonchev–Trinajstić information content (AvgIpc) is 2.60. The molecule has 0 saturated heterocycles. The Morgan fingerprint density at radius 3 is 2.79 bits per heavy atom. The van der Waals surface area contributed by atoms with Crippen LogP contribution >= 0.6 is 11.3 Å². The minimum absolute atomic E-state index is 0.0288.